The molecule has 1 N–H and O–H groups in total. The Kier molecular flexibility index (Phi) is 2.39. The van der Waals surface area contributed by atoms with E-state index in [0.717, 1.165) is 12.0 Å². The molecule has 2 heteroatoms. The van der Waals surface area contributed by atoms with Crippen LogP contribution in [0.15, 0.2) is 0 Å². The van der Waals surface area contributed by atoms with Gasteiger partial charge in [-0.05, 0) is 30.7 Å². The molecule has 70 valence electrons. The van der Waals surface area contributed by atoms with Gasteiger partial charge in [-0.1, -0.05) is 13.8 Å². The average molecular weight is 185 g/mol. The van der Waals surface area contributed by atoms with Crippen molar-refractivity contribution >= 4 is 11.8 Å². The zero-order valence-corrected chi connectivity index (χ0v) is 8.91. The lowest BCUT2D eigenvalue weighted by Gasteiger charge is -2.43. The zero-order chi connectivity index (χ0) is 8.60. The molecule has 0 aromatic carbocycles. The highest BCUT2D eigenvalue weighted by molar-refractivity contribution is 8.00. The summed E-state index contributed by atoms with van der Waals surface area (Å²) in [5.74, 6) is 3.66. The standard InChI is InChI=1S/C10H19NS/c1-10(2)3-8(4-10)5-11-9-6-12-7-9/h8-9,11H,3-7H2,1-2H3. The normalized spacial score (nSPS) is 29.5. The third-order valence-electron chi connectivity index (χ3n) is 3.02. The second-order valence-electron chi connectivity index (χ2n) is 5.08. The SMILES string of the molecule is CC1(C)CC(CNC2CSC2)C1. The summed E-state index contributed by atoms with van der Waals surface area (Å²) in [6.07, 6.45) is 2.86. The van der Waals surface area contributed by atoms with E-state index in [9.17, 15) is 0 Å². The lowest BCUT2D eigenvalue weighted by molar-refractivity contribution is 0.0943. The molecule has 0 bridgehead atoms. The van der Waals surface area contributed by atoms with Crippen LogP contribution in [-0.2, 0) is 0 Å². The van der Waals surface area contributed by atoms with Crippen LogP contribution in [-0.4, -0.2) is 24.1 Å². The summed E-state index contributed by atoms with van der Waals surface area (Å²) in [6, 6.07) is 0.846. The van der Waals surface area contributed by atoms with Crippen molar-refractivity contribution in [3.63, 3.8) is 0 Å². The Morgan fingerprint density at radius 3 is 2.42 bits per heavy atom. The molecular formula is C10H19NS. The lowest BCUT2D eigenvalue weighted by Crippen LogP contribution is -2.46. The quantitative estimate of drug-likeness (QED) is 0.723. The Morgan fingerprint density at radius 2 is 2.00 bits per heavy atom. The van der Waals surface area contributed by atoms with Crippen molar-refractivity contribution in [1.82, 2.24) is 5.32 Å². The molecule has 1 nitrogen and oxygen atoms in total. The van der Waals surface area contributed by atoms with E-state index in [1.54, 1.807) is 0 Å². The van der Waals surface area contributed by atoms with Gasteiger partial charge in [0, 0.05) is 17.5 Å². The van der Waals surface area contributed by atoms with Crippen molar-refractivity contribution in [2.75, 3.05) is 18.1 Å². The smallest absolute Gasteiger partial charge is 0.0248 e. The third-order valence-corrected chi connectivity index (χ3v) is 4.29. The number of nitrogens with one attached hydrogen (secondary N) is 1. The number of thioether (sulfide) groups is 1. The molecule has 1 aliphatic carbocycles. The second-order valence-corrected chi connectivity index (χ2v) is 6.16. The molecule has 1 saturated carbocycles. The van der Waals surface area contributed by atoms with Gasteiger partial charge in [-0.15, -0.1) is 0 Å². The van der Waals surface area contributed by atoms with Crippen molar-refractivity contribution in [3.8, 4) is 0 Å². The molecule has 2 rings (SSSR count). The molecule has 1 aliphatic heterocycles. The molecule has 0 amide bonds. The minimum atomic E-state index is 0.653. The van der Waals surface area contributed by atoms with Crippen LogP contribution in [0.3, 0.4) is 0 Å². The van der Waals surface area contributed by atoms with Crippen LogP contribution >= 0.6 is 11.8 Å². The van der Waals surface area contributed by atoms with Gasteiger partial charge < -0.3 is 5.32 Å². The molecule has 1 saturated heterocycles. The molecule has 2 aliphatic rings. The van der Waals surface area contributed by atoms with E-state index >= 15 is 0 Å². The van der Waals surface area contributed by atoms with Crippen LogP contribution in [0.4, 0.5) is 0 Å². The van der Waals surface area contributed by atoms with E-state index in [1.165, 1.54) is 30.9 Å². The summed E-state index contributed by atoms with van der Waals surface area (Å²) in [7, 11) is 0. The topological polar surface area (TPSA) is 12.0 Å². The van der Waals surface area contributed by atoms with Crippen LogP contribution in [0.2, 0.25) is 0 Å². The van der Waals surface area contributed by atoms with E-state index in [1.807, 2.05) is 0 Å². The van der Waals surface area contributed by atoms with Crippen LogP contribution in [0, 0.1) is 11.3 Å². The summed E-state index contributed by atoms with van der Waals surface area (Å²) in [5.41, 5.74) is 0.653. The van der Waals surface area contributed by atoms with E-state index in [-0.39, 0.29) is 0 Å². The summed E-state index contributed by atoms with van der Waals surface area (Å²) in [6.45, 7) is 6.03. The van der Waals surface area contributed by atoms with Gasteiger partial charge in [0.2, 0.25) is 0 Å². The number of hydrogen-bond donors (Lipinski definition) is 1. The largest absolute Gasteiger partial charge is 0.312 e. The van der Waals surface area contributed by atoms with Gasteiger partial charge in [-0.25, -0.2) is 0 Å². The first-order valence-electron chi connectivity index (χ1n) is 4.97. The Balaban J connectivity index is 1.57. The second kappa shape index (κ2) is 3.22. The first-order valence-corrected chi connectivity index (χ1v) is 6.12. The molecule has 0 aromatic rings. The Hall–Kier alpha value is 0.310. The molecule has 0 radical (unpaired) electrons. The molecule has 1 heterocycles. The van der Waals surface area contributed by atoms with Gasteiger partial charge in [0.1, 0.15) is 0 Å². The van der Waals surface area contributed by atoms with Gasteiger partial charge in [0.05, 0.1) is 0 Å². The fourth-order valence-electron chi connectivity index (χ4n) is 2.33. The van der Waals surface area contributed by atoms with E-state index in [2.05, 4.69) is 30.9 Å². The Labute approximate surface area is 79.7 Å². The van der Waals surface area contributed by atoms with Crippen LogP contribution < -0.4 is 5.32 Å². The first kappa shape index (κ1) is 8.89. The van der Waals surface area contributed by atoms with Gasteiger partial charge in [-0.3, -0.25) is 0 Å². The zero-order valence-electron chi connectivity index (χ0n) is 8.10. The lowest BCUT2D eigenvalue weighted by atomic mass is 9.64. The van der Waals surface area contributed by atoms with E-state index in [0.29, 0.717) is 5.41 Å². The van der Waals surface area contributed by atoms with E-state index in [4.69, 9.17) is 0 Å². The van der Waals surface area contributed by atoms with Gasteiger partial charge >= 0.3 is 0 Å². The monoisotopic (exact) mass is 185 g/mol. The van der Waals surface area contributed by atoms with Gasteiger partial charge in [0.25, 0.3) is 0 Å². The highest BCUT2D eigenvalue weighted by Crippen LogP contribution is 2.44. The Bertz CT molecular complexity index is 155. The Morgan fingerprint density at radius 1 is 1.33 bits per heavy atom. The van der Waals surface area contributed by atoms with Crippen molar-refractivity contribution < 1.29 is 0 Å². The van der Waals surface area contributed by atoms with Crippen molar-refractivity contribution in [2.45, 2.75) is 32.7 Å². The number of rotatable bonds is 3. The summed E-state index contributed by atoms with van der Waals surface area (Å²) in [5, 5.41) is 3.64. The molecule has 0 spiro atoms. The van der Waals surface area contributed by atoms with Crippen molar-refractivity contribution in [3.05, 3.63) is 0 Å². The minimum Gasteiger partial charge on any atom is -0.312 e. The maximum absolute atomic E-state index is 3.64. The molecule has 12 heavy (non-hydrogen) atoms. The van der Waals surface area contributed by atoms with E-state index < -0.39 is 0 Å². The maximum atomic E-state index is 3.64. The van der Waals surface area contributed by atoms with Gasteiger partial charge in [0.15, 0.2) is 0 Å². The molecule has 0 atom stereocenters. The minimum absolute atomic E-state index is 0.653. The predicted molar refractivity (Wildman–Crippen MR) is 55.6 cm³/mol. The van der Waals surface area contributed by atoms with Crippen LogP contribution in [0.5, 0.6) is 0 Å². The molecule has 0 aromatic heterocycles. The number of hydrogen-bond acceptors (Lipinski definition) is 2. The fourth-order valence-corrected chi connectivity index (χ4v) is 3.04. The van der Waals surface area contributed by atoms with Gasteiger partial charge in [-0.2, -0.15) is 11.8 Å². The van der Waals surface area contributed by atoms with Crippen LogP contribution in [0.1, 0.15) is 26.7 Å². The average Bonchev–Trinajstić information content (AvgIpc) is 1.79. The third kappa shape index (κ3) is 1.97. The molecule has 0 unspecified atom stereocenters. The first-order chi connectivity index (χ1) is 5.66. The van der Waals surface area contributed by atoms with Crippen LogP contribution in [0.25, 0.3) is 0 Å². The summed E-state index contributed by atoms with van der Waals surface area (Å²) in [4.78, 5) is 0. The molecule has 2 fully saturated rings. The predicted octanol–water partition coefficient (Wildman–Crippen LogP) is 2.13. The fraction of sp³-hybridized carbons (Fsp3) is 1.00. The highest BCUT2D eigenvalue weighted by atomic mass is 32.2. The van der Waals surface area contributed by atoms with Crippen molar-refractivity contribution in [1.29, 1.82) is 0 Å². The highest BCUT2D eigenvalue weighted by Gasteiger charge is 2.35. The molecular weight excluding hydrogens is 166 g/mol. The summed E-state index contributed by atoms with van der Waals surface area (Å²) >= 11 is 2.06. The van der Waals surface area contributed by atoms with Crippen molar-refractivity contribution in [2.24, 2.45) is 11.3 Å². The summed E-state index contributed by atoms with van der Waals surface area (Å²) < 4.78 is 0. The maximum Gasteiger partial charge on any atom is 0.0248 e.